The number of hydrogen-bond acceptors (Lipinski definition) is 6. The molecule has 0 aromatic carbocycles. The fourth-order valence-electron chi connectivity index (χ4n) is 3.14. The Kier molecular flexibility index (Phi) is 4.78. The highest BCUT2D eigenvalue weighted by molar-refractivity contribution is 5.86. The van der Waals surface area contributed by atoms with Crippen molar-refractivity contribution in [3.63, 3.8) is 0 Å². The molecule has 0 bridgehead atoms. The molecule has 7 heteroatoms. The molecule has 0 aliphatic carbocycles. The topological polar surface area (TPSA) is 105 Å². The van der Waals surface area contributed by atoms with Crippen LogP contribution < -0.4 is 16.2 Å². The molecular weight excluding hydrogens is 328 g/mol. The molecule has 26 heavy (non-hydrogen) atoms. The molecule has 0 amide bonds. The maximum absolute atomic E-state index is 5.86. The molecule has 0 atom stereocenters. The van der Waals surface area contributed by atoms with Gasteiger partial charge in [-0.25, -0.2) is 4.98 Å². The summed E-state index contributed by atoms with van der Waals surface area (Å²) in [6, 6.07) is 0. The van der Waals surface area contributed by atoms with Gasteiger partial charge >= 0.3 is 0 Å². The van der Waals surface area contributed by atoms with E-state index in [0.29, 0.717) is 6.54 Å². The van der Waals surface area contributed by atoms with Crippen molar-refractivity contribution < 1.29 is 4.74 Å². The summed E-state index contributed by atoms with van der Waals surface area (Å²) in [4.78, 5) is 13.3. The minimum Gasteiger partial charge on any atom is -0.496 e. The number of ether oxygens (including phenoxy) is 1. The molecule has 0 unspecified atom stereocenters. The second-order valence-corrected chi connectivity index (χ2v) is 6.09. The zero-order valence-corrected chi connectivity index (χ0v) is 15.4. The molecular formula is C19H22N6O. The molecule has 0 fully saturated rings. The molecule has 0 saturated carbocycles. The number of pyridine rings is 1. The molecule has 3 heterocycles. The Hall–Kier alpha value is -3.11. The summed E-state index contributed by atoms with van der Waals surface area (Å²) < 4.78 is 7.50. The normalized spacial score (nSPS) is 10.7. The van der Waals surface area contributed by atoms with Gasteiger partial charge in [0, 0.05) is 23.5 Å². The van der Waals surface area contributed by atoms with Crippen LogP contribution in [0.3, 0.4) is 0 Å². The molecule has 3 rings (SSSR count). The minimum atomic E-state index is 0.235. The number of methoxy groups -OCH3 is 1. The Bertz CT molecular complexity index is 1040. The third kappa shape index (κ3) is 3.07. The number of aryl methyl sites for hydroxylation is 2. The van der Waals surface area contributed by atoms with Crippen LogP contribution in [-0.2, 0) is 6.54 Å². The number of hydrogen-bond donors (Lipinski definition) is 2. The van der Waals surface area contributed by atoms with E-state index in [0.717, 1.165) is 44.9 Å². The van der Waals surface area contributed by atoms with Crippen LogP contribution in [0.4, 0.5) is 5.95 Å². The predicted octanol–water partition coefficient (Wildman–Crippen LogP) is 1.70. The second kappa shape index (κ2) is 7.02. The number of nitrogen functional groups attached to an aromatic ring is 1. The number of aromatic nitrogens is 4. The van der Waals surface area contributed by atoms with Crippen LogP contribution in [0.1, 0.15) is 28.1 Å². The summed E-state index contributed by atoms with van der Waals surface area (Å²) in [5.41, 5.74) is 16.7. The van der Waals surface area contributed by atoms with E-state index >= 15 is 0 Å². The SMILES string of the molecule is COc1c(C)cnc(Cn2cc(C#CCN)c3c(C)nc(N)nc32)c1C. The molecule has 0 spiro atoms. The van der Waals surface area contributed by atoms with E-state index < -0.39 is 0 Å². The van der Waals surface area contributed by atoms with Gasteiger partial charge in [0.25, 0.3) is 0 Å². The van der Waals surface area contributed by atoms with Crippen LogP contribution in [-0.4, -0.2) is 33.2 Å². The lowest BCUT2D eigenvalue weighted by Crippen LogP contribution is -2.07. The van der Waals surface area contributed by atoms with E-state index in [2.05, 4.69) is 26.8 Å². The lowest BCUT2D eigenvalue weighted by atomic mass is 10.1. The molecule has 7 nitrogen and oxygen atoms in total. The molecule has 134 valence electrons. The van der Waals surface area contributed by atoms with E-state index in [4.69, 9.17) is 16.2 Å². The average molecular weight is 350 g/mol. The summed E-state index contributed by atoms with van der Waals surface area (Å²) in [7, 11) is 1.67. The second-order valence-electron chi connectivity index (χ2n) is 6.09. The van der Waals surface area contributed by atoms with Crippen LogP contribution in [0.15, 0.2) is 12.4 Å². The fourth-order valence-corrected chi connectivity index (χ4v) is 3.14. The van der Waals surface area contributed by atoms with Gasteiger partial charge in [0.05, 0.1) is 42.5 Å². The average Bonchev–Trinajstić information content (AvgIpc) is 2.93. The standard InChI is InChI=1S/C19H22N6O/c1-11-8-22-15(12(2)17(11)26-4)10-25-9-14(6-5-7-20)16-13(3)23-19(21)24-18(16)25/h8-9H,7,10,20H2,1-4H3,(H2,21,23,24). The van der Waals surface area contributed by atoms with E-state index in [9.17, 15) is 0 Å². The van der Waals surface area contributed by atoms with Crippen molar-refractivity contribution in [1.29, 1.82) is 0 Å². The van der Waals surface area contributed by atoms with E-state index in [-0.39, 0.29) is 12.5 Å². The molecule has 0 saturated heterocycles. The highest BCUT2D eigenvalue weighted by atomic mass is 16.5. The fraction of sp³-hybridized carbons (Fsp3) is 0.316. The lowest BCUT2D eigenvalue weighted by molar-refractivity contribution is 0.406. The number of nitrogens with two attached hydrogens (primary N) is 2. The largest absolute Gasteiger partial charge is 0.496 e. The smallest absolute Gasteiger partial charge is 0.222 e. The third-order valence-corrected chi connectivity index (χ3v) is 4.31. The summed E-state index contributed by atoms with van der Waals surface area (Å²) in [6.07, 6.45) is 3.76. The molecule has 3 aromatic rings. The zero-order chi connectivity index (χ0) is 18.8. The Balaban J connectivity index is 2.17. The van der Waals surface area contributed by atoms with Gasteiger partial charge < -0.3 is 20.8 Å². The molecule has 0 aliphatic heterocycles. The predicted molar refractivity (Wildman–Crippen MR) is 102 cm³/mol. The summed E-state index contributed by atoms with van der Waals surface area (Å²) >= 11 is 0. The van der Waals surface area contributed by atoms with Crippen LogP contribution >= 0.6 is 0 Å². The number of fused-ring (bicyclic) bond motifs is 1. The van der Waals surface area contributed by atoms with Gasteiger partial charge in [-0.3, -0.25) is 4.98 Å². The van der Waals surface area contributed by atoms with Gasteiger partial charge in [-0.2, -0.15) is 4.98 Å². The highest BCUT2D eigenvalue weighted by Gasteiger charge is 2.16. The number of nitrogens with zero attached hydrogens (tertiary/aromatic N) is 4. The highest BCUT2D eigenvalue weighted by Crippen LogP contribution is 2.27. The Morgan fingerprint density at radius 1 is 1.23 bits per heavy atom. The molecule has 0 aliphatic rings. The van der Waals surface area contributed by atoms with E-state index in [1.165, 1.54) is 0 Å². The first-order chi connectivity index (χ1) is 12.5. The van der Waals surface area contributed by atoms with Gasteiger partial charge in [0.15, 0.2) is 0 Å². The zero-order valence-electron chi connectivity index (χ0n) is 15.4. The molecule has 0 radical (unpaired) electrons. The van der Waals surface area contributed by atoms with Crippen LogP contribution in [0, 0.1) is 32.6 Å². The first kappa shape index (κ1) is 17.7. The minimum absolute atomic E-state index is 0.235. The van der Waals surface area contributed by atoms with Crippen LogP contribution in [0.25, 0.3) is 11.0 Å². The van der Waals surface area contributed by atoms with Gasteiger partial charge in [-0.05, 0) is 20.8 Å². The lowest BCUT2D eigenvalue weighted by Gasteiger charge is -2.13. The summed E-state index contributed by atoms with van der Waals surface area (Å²) in [6.45, 7) is 6.70. The van der Waals surface area contributed by atoms with Crippen molar-refractivity contribution in [1.82, 2.24) is 19.5 Å². The van der Waals surface area contributed by atoms with Gasteiger partial charge in [0.1, 0.15) is 11.4 Å². The van der Waals surface area contributed by atoms with E-state index in [1.54, 1.807) is 7.11 Å². The summed E-state index contributed by atoms with van der Waals surface area (Å²) in [5.74, 6) is 7.08. The first-order valence-electron chi connectivity index (χ1n) is 8.27. The van der Waals surface area contributed by atoms with Gasteiger partial charge in [-0.1, -0.05) is 11.8 Å². The molecule has 4 N–H and O–H groups in total. The number of rotatable bonds is 3. The van der Waals surface area contributed by atoms with Crippen molar-refractivity contribution >= 4 is 17.0 Å². The monoisotopic (exact) mass is 350 g/mol. The Morgan fingerprint density at radius 3 is 2.69 bits per heavy atom. The first-order valence-corrected chi connectivity index (χ1v) is 8.27. The maximum atomic E-state index is 5.86. The van der Waals surface area contributed by atoms with Crippen molar-refractivity contribution in [2.75, 3.05) is 19.4 Å². The number of anilines is 1. The van der Waals surface area contributed by atoms with Crippen molar-refractivity contribution in [3.05, 3.63) is 40.5 Å². The molecule has 3 aromatic heterocycles. The Morgan fingerprint density at radius 2 is 2.00 bits per heavy atom. The summed E-state index contributed by atoms with van der Waals surface area (Å²) in [5, 5.41) is 0.886. The quantitative estimate of drug-likeness (QED) is 0.697. The third-order valence-electron chi connectivity index (χ3n) is 4.31. The van der Waals surface area contributed by atoms with Gasteiger partial charge in [-0.15, -0.1) is 0 Å². The van der Waals surface area contributed by atoms with Crippen molar-refractivity contribution in [3.8, 4) is 17.6 Å². The van der Waals surface area contributed by atoms with E-state index in [1.807, 2.05) is 37.7 Å². The van der Waals surface area contributed by atoms with Crippen molar-refractivity contribution in [2.45, 2.75) is 27.3 Å². The van der Waals surface area contributed by atoms with Crippen molar-refractivity contribution in [2.24, 2.45) is 5.73 Å². The Labute approximate surface area is 152 Å². The van der Waals surface area contributed by atoms with Crippen LogP contribution in [0.5, 0.6) is 5.75 Å². The van der Waals surface area contributed by atoms with Crippen LogP contribution in [0.2, 0.25) is 0 Å². The van der Waals surface area contributed by atoms with Gasteiger partial charge in [0.2, 0.25) is 5.95 Å². The maximum Gasteiger partial charge on any atom is 0.222 e.